The van der Waals surface area contributed by atoms with Gasteiger partial charge in [-0.05, 0) is 19.1 Å². The van der Waals surface area contributed by atoms with Gasteiger partial charge in [-0.15, -0.1) is 11.3 Å². The van der Waals surface area contributed by atoms with E-state index in [0.717, 1.165) is 26.3 Å². The number of thiazole rings is 1. The Morgan fingerprint density at radius 1 is 1.32 bits per heavy atom. The van der Waals surface area contributed by atoms with Gasteiger partial charge >= 0.3 is 6.03 Å². The minimum atomic E-state index is -0.143. The second kappa shape index (κ2) is 6.11. The van der Waals surface area contributed by atoms with Crippen LogP contribution in [-0.4, -0.2) is 27.9 Å². The highest BCUT2D eigenvalue weighted by molar-refractivity contribution is 7.11. The summed E-state index contributed by atoms with van der Waals surface area (Å²) in [6, 6.07) is 7.53. The fourth-order valence-corrected chi connectivity index (χ4v) is 3.07. The smallest absolute Gasteiger partial charge is 0.321 e. The van der Waals surface area contributed by atoms with Crippen LogP contribution in [0.25, 0.3) is 10.8 Å². The van der Waals surface area contributed by atoms with E-state index in [-0.39, 0.29) is 6.03 Å². The number of benzene rings is 1. The molecule has 0 unspecified atom stereocenters. The molecule has 112 valence electrons. The van der Waals surface area contributed by atoms with E-state index in [1.54, 1.807) is 35.7 Å². The van der Waals surface area contributed by atoms with Gasteiger partial charge in [0.1, 0.15) is 0 Å². The number of urea groups is 1. The molecular formula is C16H16N4OS. The predicted octanol–water partition coefficient (Wildman–Crippen LogP) is 3.66. The zero-order chi connectivity index (χ0) is 15.5. The molecule has 6 heteroatoms. The molecule has 5 nitrogen and oxygen atoms in total. The third kappa shape index (κ3) is 3.07. The maximum Gasteiger partial charge on any atom is 0.321 e. The van der Waals surface area contributed by atoms with E-state index < -0.39 is 0 Å². The molecule has 1 N–H and O–H groups in total. The summed E-state index contributed by atoms with van der Waals surface area (Å²) in [6.07, 6.45) is 5.32. The summed E-state index contributed by atoms with van der Waals surface area (Å²) in [6.45, 7) is 2.50. The van der Waals surface area contributed by atoms with Gasteiger partial charge in [-0.3, -0.25) is 4.98 Å². The van der Waals surface area contributed by atoms with Crippen molar-refractivity contribution in [3.8, 4) is 0 Å². The van der Waals surface area contributed by atoms with Crippen LogP contribution in [0.3, 0.4) is 0 Å². The van der Waals surface area contributed by atoms with Gasteiger partial charge < -0.3 is 10.2 Å². The number of hydrogen-bond donors (Lipinski definition) is 1. The van der Waals surface area contributed by atoms with Crippen molar-refractivity contribution in [3.05, 3.63) is 52.7 Å². The molecule has 2 amide bonds. The molecule has 0 aliphatic carbocycles. The van der Waals surface area contributed by atoms with Crippen molar-refractivity contribution in [2.24, 2.45) is 0 Å². The van der Waals surface area contributed by atoms with Crippen LogP contribution in [0.1, 0.15) is 9.88 Å². The SMILES string of the molecule is Cc1ncc(CN(C)C(=O)Nc2cccc3cnccc23)s1. The lowest BCUT2D eigenvalue weighted by Crippen LogP contribution is -2.30. The van der Waals surface area contributed by atoms with Gasteiger partial charge in [0.05, 0.1) is 17.2 Å². The summed E-state index contributed by atoms with van der Waals surface area (Å²) in [7, 11) is 1.77. The maximum absolute atomic E-state index is 12.4. The third-order valence-corrected chi connectivity index (χ3v) is 4.23. The molecule has 3 rings (SSSR count). The Kier molecular flexibility index (Phi) is 4.02. The Balaban J connectivity index is 1.75. The van der Waals surface area contributed by atoms with Crippen LogP contribution in [-0.2, 0) is 6.54 Å². The fraction of sp³-hybridized carbons (Fsp3) is 0.188. The maximum atomic E-state index is 12.4. The highest BCUT2D eigenvalue weighted by Gasteiger charge is 2.12. The quantitative estimate of drug-likeness (QED) is 0.803. The highest BCUT2D eigenvalue weighted by Crippen LogP contribution is 2.22. The van der Waals surface area contributed by atoms with Crippen LogP contribution in [0, 0.1) is 6.92 Å². The molecule has 0 radical (unpaired) electrons. The van der Waals surface area contributed by atoms with Gasteiger partial charge in [-0.2, -0.15) is 0 Å². The van der Waals surface area contributed by atoms with Gasteiger partial charge in [0.2, 0.25) is 0 Å². The Bertz CT molecular complexity index is 809. The number of fused-ring (bicyclic) bond motifs is 1. The van der Waals surface area contributed by atoms with Crippen LogP contribution in [0.4, 0.5) is 10.5 Å². The average molecular weight is 312 g/mol. The lowest BCUT2D eigenvalue weighted by atomic mass is 10.1. The minimum absolute atomic E-state index is 0.143. The summed E-state index contributed by atoms with van der Waals surface area (Å²) in [5.74, 6) is 0. The Morgan fingerprint density at radius 2 is 2.18 bits per heavy atom. The van der Waals surface area contributed by atoms with E-state index in [2.05, 4.69) is 15.3 Å². The Hall–Kier alpha value is -2.47. The van der Waals surface area contributed by atoms with Crippen molar-refractivity contribution in [2.45, 2.75) is 13.5 Å². The number of amides is 2. The number of rotatable bonds is 3. The summed E-state index contributed by atoms with van der Waals surface area (Å²) in [5, 5.41) is 5.94. The van der Waals surface area contributed by atoms with E-state index in [9.17, 15) is 4.79 Å². The number of pyridine rings is 1. The van der Waals surface area contributed by atoms with Gasteiger partial charge in [0, 0.05) is 41.3 Å². The molecule has 0 atom stereocenters. The van der Waals surface area contributed by atoms with Gasteiger partial charge in [0.15, 0.2) is 0 Å². The van der Waals surface area contributed by atoms with Crippen LogP contribution in [0.2, 0.25) is 0 Å². The fourth-order valence-electron chi connectivity index (χ4n) is 2.23. The first kappa shape index (κ1) is 14.5. The van der Waals surface area contributed by atoms with Crippen molar-refractivity contribution < 1.29 is 4.79 Å². The number of carbonyl (C=O) groups is 1. The van der Waals surface area contributed by atoms with Gasteiger partial charge in [-0.1, -0.05) is 12.1 Å². The molecule has 2 aromatic heterocycles. The number of hydrogen-bond acceptors (Lipinski definition) is 4. The van der Waals surface area contributed by atoms with Gasteiger partial charge in [-0.25, -0.2) is 9.78 Å². The largest absolute Gasteiger partial charge is 0.322 e. The lowest BCUT2D eigenvalue weighted by molar-refractivity contribution is 0.221. The van der Waals surface area contributed by atoms with Crippen LogP contribution < -0.4 is 5.32 Å². The molecule has 3 aromatic rings. The summed E-state index contributed by atoms with van der Waals surface area (Å²) < 4.78 is 0. The first-order chi connectivity index (χ1) is 10.6. The van der Waals surface area contributed by atoms with Crippen LogP contribution in [0.15, 0.2) is 42.9 Å². The summed E-state index contributed by atoms with van der Waals surface area (Å²) in [4.78, 5) is 23.4. The number of nitrogens with one attached hydrogen (secondary N) is 1. The highest BCUT2D eigenvalue weighted by atomic mass is 32.1. The van der Waals surface area contributed by atoms with Crippen molar-refractivity contribution in [1.82, 2.24) is 14.9 Å². The number of carbonyl (C=O) groups excluding carboxylic acids is 1. The van der Waals surface area contributed by atoms with Crippen molar-refractivity contribution >= 4 is 33.8 Å². The molecule has 1 aromatic carbocycles. The molecule has 0 fully saturated rings. The molecule has 0 aliphatic rings. The number of nitrogens with zero attached hydrogens (tertiary/aromatic N) is 3. The van der Waals surface area contributed by atoms with E-state index >= 15 is 0 Å². The monoisotopic (exact) mass is 312 g/mol. The molecule has 0 spiro atoms. The molecule has 0 saturated carbocycles. The van der Waals surface area contributed by atoms with Gasteiger partial charge in [0.25, 0.3) is 0 Å². The number of aryl methyl sites for hydroxylation is 1. The lowest BCUT2D eigenvalue weighted by Gasteiger charge is -2.17. The number of aromatic nitrogens is 2. The first-order valence-corrected chi connectivity index (χ1v) is 7.71. The van der Waals surface area contributed by atoms with Crippen molar-refractivity contribution in [2.75, 3.05) is 12.4 Å². The van der Waals surface area contributed by atoms with E-state index in [1.807, 2.05) is 37.4 Å². The average Bonchev–Trinajstić information content (AvgIpc) is 2.92. The van der Waals surface area contributed by atoms with Crippen molar-refractivity contribution in [1.29, 1.82) is 0 Å². The Labute approximate surface area is 132 Å². The predicted molar refractivity (Wildman–Crippen MR) is 89.1 cm³/mol. The Morgan fingerprint density at radius 3 is 2.95 bits per heavy atom. The number of anilines is 1. The topological polar surface area (TPSA) is 58.1 Å². The van der Waals surface area contributed by atoms with E-state index in [1.165, 1.54) is 0 Å². The molecule has 0 bridgehead atoms. The summed E-state index contributed by atoms with van der Waals surface area (Å²) >= 11 is 1.60. The minimum Gasteiger partial charge on any atom is -0.322 e. The second-order valence-electron chi connectivity index (χ2n) is 5.03. The third-order valence-electron chi connectivity index (χ3n) is 3.33. The molecule has 2 heterocycles. The zero-order valence-corrected chi connectivity index (χ0v) is 13.2. The second-order valence-corrected chi connectivity index (χ2v) is 6.35. The molecule has 0 saturated heterocycles. The molecular weight excluding hydrogens is 296 g/mol. The van der Waals surface area contributed by atoms with E-state index in [0.29, 0.717) is 6.54 Å². The van der Waals surface area contributed by atoms with E-state index in [4.69, 9.17) is 0 Å². The van der Waals surface area contributed by atoms with Crippen LogP contribution in [0.5, 0.6) is 0 Å². The molecule has 0 aliphatic heterocycles. The first-order valence-electron chi connectivity index (χ1n) is 6.89. The standard InChI is InChI=1S/C16H16N4OS/c1-11-18-9-13(22-11)10-20(2)16(21)19-15-5-3-4-12-8-17-7-6-14(12)15/h3-9H,10H2,1-2H3,(H,19,21). The normalized spacial score (nSPS) is 10.6. The van der Waals surface area contributed by atoms with Crippen molar-refractivity contribution in [3.63, 3.8) is 0 Å². The molecule has 22 heavy (non-hydrogen) atoms. The van der Waals surface area contributed by atoms with Crippen LogP contribution >= 0.6 is 11.3 Å². The zero-order valence-electron chi connectivity index (χ0n) is 12.4. The summed E-state index contributed by atoms with van der Waals surface area (Å²) in [5.41, 5.74) is 0.789.